The molecule has 0 saturated carbocycles. The first-order valence-electron chi connectivity index (χ1n) is 12.4. The van der Waals surface area contributed by atoms with Crippen LogP contribution in [0.2, 0.25) is 0 Å². The summed E-state index contributed by atoms with van der Waals surface area (Å²) in [5.74, 6) is 25.0. The summed E-state index contributed by atoms with van der Waals surface area (Å²) in [6.07, 6.45) is 4.05. The molecule has 0 aromatic carbocycles. The Morgan fingerprint density at radius 3 is 1.34 bits per heavy atom. The maximum atomic E-state index is 4.97. The fourth-order valence-corrected chi connectivity index (χ4v) is 4.54. The largest absolute Gasteiger partial charge is 0.354 e. The molecule has 3 aromatic rings. The van der Waals surface area contributed by atoms with Gasteiger partial charge in [-0.05, 0) is 83.5 Å². The molecular formula is C34H26N4. The average molecular weight is 491 g/mol. The summed E-state index contributed by atoms with van der Waals surface area (Å²) in [6.45, 7) is 11.5. The normalized spacial score (nSPS) is 11.4. The number of nitrogens with one attached hydrogen (secondary N) is 2. The van der Waals surface area contributed by atoms with E-state index in [2.05, 4.69) is 76.4 Å². The van der Waals surface area contributed by atoms with Crippen LogP contribution in [-0.4, -0.2) is 19.9 Å². The van der Waals surface area contributed by atoms with Crippen molar-refractivity contribution in [3.05, 3.63) is 69.3 Å². The van der Waals surface area contributed by atoms with Crippen molar-refractivity contribution in [1.29, 1.82) is 0 Å². The Bertz CT molecular complexity index is 1850. The van der Waals surface area contributed by atoms with Crippen molar-refractivity contribution in [2.24, 2.45) is 0 Å². The van der Waals surface area contributed by atoms with E-state index in [1.807, 2.05) is 58.9 Å². The number of aryl methyl sites for hydroxylation is 1. The molecule has 0 saturated heterocycles. The van der Waals surface area contributed by atoms with E-state index in [-0.39, 0.29) is 0 Å². The van der Waals surface area contributed by atoms with Crippen LogP contribution in [-0.2, 0) is 0 Å². The molecule has 2 aliphatic heterocycles. The summed E-state index contributed by atoms with van der Waals surface area (Å²) in [6, 6.07) is 8.21. The van der Waals surface area contributed by atoms with Crippen molar-refractivity contribution in [3.8, 4) is 47.4 Å². The number of hydrogen-bond acceptors (Lipinski definition) is 2. The molecule has 4 heteroatoms. The SMILES string of the molecule is CC#CC1=Cc2nc1cc1[nH]c(cc1C#CC)c(C)c1cc(C#CC)c(cc3nc(c2C)C=C3C#CC)[nH]1. The quantitative estimate of drug-likeness (QED) is 0.341. The lowest BCUT2D eigenvalue weighted by molar-refractivity contribution is 1.21. The minimum Gasteiger partial charge on any atom is -0.354 e. The number of nitrogens with zero attached hydrogens (tertiary/aromatic N) is 2. The van der Waals surface area contributed by atoms with Gasteiger partial charge < -0.3 is 9.97 Å². The Kier molecular flexibility index (Phi) is 6.50. The van der Waals surface area contributed by atoms with Crippen molar-refractivity contribution >= 4 is 45.4 Å². The number of fused-ring (bicyclic) bond motifs is 8. The van der Waals surface area contributed by atoms with E-state index >= 15 is 0 Å². The molecule has 0 aliphatic carbocycles. The van der Waals surface area contributed by atoms with Gasteiger partial charge in [-0.15, -0.1) is 23.7 Å². The lowest BCUT2D eigenvalue weighted by Gasteiger charge is -1.94. The molecule has 38 heavy (non-hydrogen) atoms. The van der Waals surface area contributed by atoms with Gasteiger partial charge >= 0.3 is 0 Å². The van der Waals surface area contributed by atoms with Crippen LogP contribution in [0.25, 0.3) is 45.4 Å². The van der Waals surface area contributed by atoms with Crippen molar-refractivity contribution in [2.75, 3.05) is 0 Å². The van der Waals surface area contributed by atoms with Crippen LogP contribution in [0, 0.1) is 61.2 Å². The zero-order chi connectivity index (χ0) is 26.8. The second-order valence-electron chi connectivity index (χ2n) is 8.94. The zero-order valence-corrected chi connectivity index (χ0v) is 22.4. The van der Waals surface area contributed by atoms with E-state index in [0.717, 1.165) is 78.2 Å². The van der Waals surface area contributed by atoms with Crippen LogP contribution in [0.1, 0.15) is 72.7 Å². The molecule has 0 radical (unpaired) electrons. The molecule has 5 rings (SSSR count). The Hall–Kier alpha value is -5.16. The number of aromatic nitrogens is 4. The van der Waals surface area contributed by atoms with E-state index < -0.39 is 0 Å². The number of rotatable bonds is 0. The van der Waals surface area contributed by atoms with E-state index in [1.54, 1.807) is 0 Å². The fourth-order valence-electron chi connectivity index (χ4n) is 4.54. The summed E-state index contributed by atoms with van der Waals surface area (Å²) >= 11 is 0. The highest BCUT2D eigenvalue weighted by Crippen LogP contribution is 2.29. The molecule has 4 nitrogen and oxygen atoms in total. The predicted molar refractivity (Wildman–Crippen MR) is 158 cm³/mol. The molecule has 2 N–H and O–H groups in total. The molecule has 0 fully saturated rings. The van der Waals surface area contributed by atoms with Crippen LogP contribution >= 0.6 is 0 Å². The summed E-state index contributed by atoms with van der Waals surface area (Å²) in [4.78, 5) is 17.1. The minimum absolute atomic E-state index is 0.792. The van der Waals surface area contributed by atoms with Crippen LogP contribution in [0.5, 0.6) is 0 Å². The summed E-state index contributed by atoms with van der Waals surface area (Å²) in [5.41, 5.74) is 12.5. The first kappa shape index (κ1) is 24.5. The van der Waals surface area contributed by atoms with E-state index in [0.29, 0.717) is 0 Å². The molecule has 2 aliphatic rings. The van der Waals surface area contributed by atoms with Gasteiger partial charge in [-0.3, -0.25) is 0 Å². The first-order chi connectivity index (χ1) is 18.4. The highest BCUT2D eigenvalue weighted by Gasteiger charge is 2.16. The summed E-state index contributed by atoms with van der Waals surface area (Å²) < 4.78 is 0. The molecule has 182 valence electrons. The number of aromatic amines is 2. The van der Waals surface area contributed by atoms with Crippen LogP contribution in [0.15, 0.2) is 24.3 Å². The van der Waals surface area contributed by atoms with Gasteiger partial charge in [0.15, 0.2) is 0 Å². The lowest BCUT2D eigenvalue weighted by Crippen LogP contribution is -1.86. The topological polar surface area (TPSA) is 57.4 Å². The van der Waals surface area contributed by atoms with Gasteiger partial charge in [-0.25, -0.2) is 9.97 Å². The maximum absolute atomic E-state index is 4.97. The van der Waals surface area contributed by atoms with Gasteiger partial charge in [0, 0.05) is 16.6 Å². The molecule has 0 atom stereocenters. The minimum atomic E-state index is 0.792. The van der Waals surface area contributed by atoms with Gasteiger partial charge in [-0.1, -0.05) is 23.7 Å². The maximum Gasteiger partial charge on any atom is 0.0815 e. The molecule has 3 aromatic heterocycles. The molecule has 0 spiro atoms. The summed E-state index contributed by atoms with van der Waals surface area (Å²) in [5, 5.41) is 0. The second-order valence-corrected chi connectivity index (χ2v) is 8.94. The van der Waals surface area contributed by atoms with Crippen LogP contribution < -0.4 is 0 Å². The third kappa shape index (κ3) is 4.42. The monoisotopic (exact) mass is 490 g/mol. The van der Waals surface area contributed by atoms with Crippen molar-refractivity contribution in [1.82, 2.24) is 19.9 Å². The highest BCUT2D eigenvalue weighted by atomic mass is 14.8. The Morgan fingerprint density at radius 1 is 0.526 bits per heavy atom. The summed E-state index contributed by atoms with van der Waals surface area (Å²) in [7, 11) is 0. The average Bonchev–Trinajstić information content (AvgIpc) is 3.67. The van der Waals surface area contributed by atoms with Gasteiger partial charge in [-0.2, -0.15) is 0 Å². The molecular weight excluding hydrogens is 464 g/mol. The molecule has 5 heterocycles. The number of hydrogen-bond donors (Lipinski definition) is 2. The lowest BCUT2D eigenvalue weighted by atomic mass is 10.1. The van der Waals surface area contributed by atoms with Gasteiger partial charge in [0.05, 0.1) is 56.1 Å². The van der Waals surface area contributed by atoms with Crippen molar-refractivity contribution < 1.29 is 0 Å². The van der Waals surface area contributed by atoms with Gasteiger partial charge in [0.2, 0.25) is 0 Å². The standard InChI is InChI=1S/C34H26N4/c1-7-11-23-15-27-21(5)28-17-25(13-9-3)33(37-28)20-34-26(14-10-4)18-30(38-34)22(6)29-16-24(12-8-2)32(36-29)19-31(23)35-27/h15-20,35,37H,1-6H3. The first-order valence-corrected chi connectivity index (χ1v) is 12.4. The zero-order valence-electron chi connectivity index (χ0n) is 22.4. The highest BCUT2D eigenvalue weighted by molar-refractivity contribution is 5.96. The third-order valence-electron chi connectivity index (χ3n) is 6.47. The number of allylic oxidation sites excluding steroid dienone is 2. The number of H-pyrrole nitrogens is 2. The molecule has 0 unspecified atom stereocenters. The van der Waals surface area contributed by atoms with Crippen LogP contribution in [0.4, 0.5) is 0 Å². The predicted octanol–water partition coefficient (Wildman–Crippen LogP) is 6.80. The van der Waals surface area contributed by atoms with Crippen molar-refractivity contribution in [3.63, 3.8) is 0 Å². The van der Waals surface area contributed by atoms with Gasteiger partial charge in [0.25, 0.3) is 0 Å². The fraction of sp³-hybridized carbons (Fsp3) is 0.176. The Labute approximate surface area is 223 Å². The van der Waals surface area contributed by atoms with Crippen molar-refractivity contribution in [2.45, 2.75) is 41.5 Å². The Balaban J connectivity index is 2.01. The Morgan fingerprint density at radius 2 is 0.947 bits per heavy atom. The van der Waals surface area contributed by atoms with Gasteiger partial charge in [0.1, 0.15) is 0 Å². The molecule has 0 amide bonds. The third-order valence-corrected chi connectivity index (χ3v) is 6.47. The van der Waals surface area contributed by atoms with E-state index in [9.17, 15) is 0 Å². The smallest absolute Gasteiger partial charge is 0.0815 e. The van der Waals surface area contributed by atoms with Crippen LogP contribution in [0.3, 0.4) is 0 Å². The second kappa shape index (κ2) is 10.1. The van der Waals surface area contributed by atoms with E-state index in [4.69, 9.17) is 9.97 Å². The van der Waals surface area contributed by atoms with E-state index in [1.165, 1.54) is 0 Å². The molecule has 8 bridgehead atoms.